The van der Waals surface area contributed by atoms with Crippen LogP contribution in [0.15, 0.2) is 22.9 Å². The van der Waals surface area contributed by atoms with Gasteiger partial charge in [0.2, 0.25) is 0 Å². The molecule has 1 aromatic heterocycles. The number of ether oxygens (including phenoxy) is 1. The highest BCUT2D eigenvalue weighted by Gasteiger charge is 2.22. The summed E-state index contributed by atoms with van der Waals surface area (Å²) in [7, 11) is 1.41. The van der Waals surface area contributed by atoms with Crippen LogP contribution in [-0.2, 0) is 0 Å². The number of nitrogens with one attached hydrogen (secondary N) is 1. The second-order valence-corrected chi connectivity index (χ2v) is 5.10. The molecule has 0 unspecified atom stereocenters. The van der Waals surface area contributed by atoms with Gasteiger partial charge in [-0.2, -0.15) is 0 Å². The molecule has 0 amide bonds. The van der Waals surface area contributed by atoms with Crippen molar-refractivity contribution in [3.63, 3.8) is 0 Å². The summed E-state index contributed by atoms with van der Waals surface area (Å²) >= 11 is 3.04. The molecule has 0 aliphatic heterocycles. The minimum absolute atomic E-state index is 0.0717. The molecule has 21 heavy (non-hydrogen) atoms. The summed E-state index contributed by atoms with van der Waals surface area (Å²) in [5.74, 6) is -0.826. The van der Waals surface area contributed by atoms with Gasteiger partial charge in [-0.1, -0.05) is 6.92 Å². The lowest BCUT2D eigenvalue weighted by atomic mass is 10.1. The molecule has 1 heterocycles. The molecular formula is C14H14BrF2N3O. The molecule has 0 saturated carbocycles. The summed E-state index contributed by atoms with van der Waals surface area (Å²) in [4.78, 5) is 8.03. The van der Waals surface area contributed by atoms with Gasteiger partial charge < -0.3 is 10.1 Å². The number of anilines is 1. The lowest BCUT2D eigenvalue weighted by Crippen LogP contribution is -2.07. The van der Waals surface area contributed by atoms with Crippen molar-refractivity contribution in [1.29, 1.82) is 0 Å². The molecule has 4 nitrogen and oxygen atoms in total. The average molecular weight is 358 g/mol. The van der Waals surface area contributed by atoms with Crippen molar-refractivity contribution >= 4 is 21.7 Å². The second kappa shape index (κ2) is 6.80. The van der Waals surface area contributed by atoms with Crippen molar-refractivity contribution in [2.24, 2.45) is 0 Å². The summed E-state index contributed by atoms with van der Waals surface area (Å²) in [5, 5.41) is 3.04. The van der Waals surface area contributed by atoms with Crippen molar-refractivity contribution in [3.8, 4) is 17.0 Å². The van der Waals surface area contributed by atoms with Gasteiger partial charge in [-0.15, -0.1) is 0 Å². The molecule has 0 aliphatic carbocycles. The van der Waals surface area contributed by atoms with Crippen LogP contribution in [-0.4, -0.2) is 23.6 Å². The smallest absolute Gasteiger partial charge is 0.187 e. The highest BCUT2D eigenvalue weighted by Crippen LogP contribution is 2.37. The maximum Gasteiger partial charge on any atom is 0.187 e. The van der Waals surface area contributed by atoms with Crippen molar-refractivity contribution in [3.05, 3.63) is 34.6 Å². The van der Waals surface area contributed by atoms with Gasteiger partial charge in [0.1, 0.15) is 23.7 Å². The van der Waals surface area contributed by atoms with E-state index in [1.165, 1.54) is 25.6 Å². The Bertz CT molecular complexity index is 652. The van der Waals surface area contributed by atoms with Gasteiger partial charge in [-0.05, 0) is 34.5 Å². The zero-order valence-corrected chi connectivity index (χ0v) is 13.2. The fraction of sp³-hybridized carbons (Fsp3) is 0.286. The third kappa shape index (κ3) is 3.12. The van der Waals surface area contributed by atoms with Gasteiger partial charge in [0.25, 0.3) is 0 Å². The lowest BCUT2D eigenvalue weighted by Gasteiger charge is -2.14. The van der Waals surface area contributed by atoms with Gasteiger partial charge >= 0.3 is 0 Å². The first-order chi connectivity index (χ1) is 10.1. The Kier molecular flexibility index (Phi) is 5.06. The van der Waals surface area contributed by atoms with Crippen molar-refractivity contribution in [2.75, 3.05) is 19.0 Å². The largest absolute Gasteiger partial charge is 0.491 e. The molecule has 0 atom stereocenters. The van der Waals surface area contributed by atoms with E-state index in [1.807, 2.05) is 6.92 Å². The van der Waals surface area contributed by atoms with Gasteiger partial charge in [0.05, 0.1) is 17.1 Å². The van der Waals surface area contributed by atoms with E-state index in [0.717, 1.165) is 6.42 Å². The molecule has 2 rings (SSSR count). The quantitative estimate of drug-likeness (QED) is 0.821. The first-order valence-corrected chi connectivity index (χ1v) is 7.16. The van der Waals surface area contributed by atoms with Crippen molar-refractivity contribution in [2.45, 2.75) is 13.3 Å². The minimum Gasteiger partial charge on any atom is -0.491 e. The fourth-order valence-electron chi connectivity index (χ4n) is 1.86. The predicted molar refractivity (Wildman–Crippen MR) is 80.4 cm³/mol. The normalized spacial score (nSPS) is 10.5. The monoisotopic (exact) mass is 357 g/mol. The molecule has 0 aliphatic rings. The Morgan fingerprint density at radius 3 is 2.71 bits per heavy atom. The predicted octanol–water partition coefficient (Wildman–Crippen LogP) is 4.01. The van der Waals surface area contributed by atoms with Gasteiger partial charge in [0, 0.05) is 6.54 Å². The molecule has 1 N–H and O–H groups in total. The number of nitrogens with zero attached hydrogens (tertiary/aromatic N) is 2. The molecule has 112 valence electrons. The molecular weight excluding hydrogens is 344 g/mol. The highest BCUT2D eigenvalue weighted by atomic mass is 79.9. The summed E-state index contributed by atoms with van der Waals surface area (Å²) in [6, 6.07) is 2.47. The van der Waals surface area contributed by atoms with E-state index >= 15 is 0 Å². The van der Waals surface area contributed by atoms with Crippen molar-refractivity contribution in [1.82, 2.24) is 9.97 Å². The lowest BCUT2D eigenvalue weighted by molar-refractivity contribution is 0.413. The Balaban J connectivity index is 2.62. The number of rotatable bonds is 5. The van der Waals surface area contributed by atoms with Crippen LogP contribution >= 0.6 is 15.9 Å². The number of hydrogen-bond donors (Lipinski definition) is 1. The Hall–Kier alpha value is -1.76. The van der Waals surface area contributed by atoms with Gasteiger partial charge in [-0.3, -0.25) is 0 Å². The van der Waals surface area contributed by atoms with Crippen LogP contribution < -0.4 is 10.1 Å². The summed E-state index contributed by atoms with van der Waals surface area (Å²) in [6.07, 6.45) is 2.12. The second-order valence-electron chi connectivity index (χ2n) is 4.25. The zero-order valence-electron chi connectivity index (χ0n) is 11.6. The minimum atomic E-state index is -0.728. The Morgan fingerprint density at radius 1 is 1.29 bits per heavy atom. The van der Waals surface area contributed by atoms with E-state index in [4.69, 9.17) is 4.74 Å². The molecule has 0 fully saturated rings. The average Bonchev–Trinajstić information content (AvgIpc) is 2.49. The van der Waals surface area contributed by atoms with Crippen LogP contribution in [0.3, 0.4) is 0 Å². The van der Waals surface area contributed by atoms with E-state index in [1.54, 1.807) is 0 Å². The fourth-order valence-corrected chi connectivity index (χ4v) is 2.19. The van der Waals surface area contributed by atoms with E-state index in [-0.39, 0.29) is 21.5 Å². The van der Waals surface area contributed by atoms with Crippen LogP contribution in [0.5, 0.6) is 5.75 Å². The van der Waals surface area contributed by atoms with E-state index in [0.29, 0.717) is 12.4 Å². The van der Waals surface area contributed by atoms with Gasteiger partial charge in [0.15, 0.2) is 11.6 Å². The number of hydrogen-bond acceptors (Lipinski definition) is 4. The molecule has 0 spiro atoms. The molecule has 2 aromatic rings. The highest BCUT2D eigenvalue weighted by molar-refractivity contribution is 9.10. The molecule has 0 saturated heterocycles. The number of aromatic nitrogens is 2. The van der Waals surface area contributed by atoms with Crippen LogP contribution in [0.1, 0.15) is 13.3 Å². The number of halogens is 3. The van der Waals surface area contributed by atoms with E-state index in [2.05, 4.69) is 31.2 Å². The topological polar surface area (TPSA) is 47.0 Å². The number of methoxy groups -OCH3 is 1. The van der Waals surface area contributed by atoms with E-state index in [9.17, 15) is 8.78 Å². The molecule has 1 aromatic carbocycles. The summed E-state index contributed by atoms with van der Waals surface area (Å²) in [5.41, 5.74) is -0.175. The Morgan fingerprint density at radius 2 is 2.05 bits per heavy atom. The van der Waals surface area contributed by atoms with Crippen LogP contribution in [0, 0.1) is 11.6 Å². The molecule has 0 bridgehead atoms. The summed E-state index contributed by atoms with van der Waals surface area (Å²) in [6.45, 7) is 2.66. The third-order valence-corrected chi connectivity index (χ3v) is 3.44. The van der Waals surface area contributed by atoms with Crippen LogP contribution in [0.2, 0.25) is 0 Å². The third-order valence-electron chi connectivity index (χ3n) is 2.83. The zero-order chi connectivity index (χ0) is 15.4. The summed E-state index contributed by atoms with van der Waals surface area (Å²) < 4.78 is 33.6. The van der Waals surface area contributed by atoms with E-state index < -0.39 is 11.6 Å². The molecule has 0 radical (unpaired) electrons. The van der Waals surface area contributed by atoms with Crippen LogP contribution in [0.4, 0.5) is 14.6 Å². The SMILES string of the molecule is CCCNc1ncnc(-c2c(F)ccc(Br)c2F)c1OC. The first kappa shape index (κ1) is 15.6. The van der Waals surface area contributed by atoms with Gasteiger partial charge in [-0.25, -0.2) is 18.7 Å². The first-order valence-electron chi connectivity index (χ1n) is 6.36. The van der Waals surface area contributed by atoms with Crippen LogP contribution in [0.25, 0.3) is 11.3 Å². The molecule has 7 heteroatoms. The van der Waals surface area contributed by atoms with Crippen molar-refractivity contribution < 1.29 is 13.5 Å². The maximum atomic E-state index is 14.2. The maximum absolute atomic E-state index is 14.2. The number of benzene rings is 1. The standard InChI is InChI=1S/C14H14BrF2N3O/c1-3-6-18-14-13(21-2)12(19-7-20-14)10-9(16)5-4-8(15)11(10)17/h4-5,7H,3,6H2,1-2H3,(H,18,19,20). The Labute approximate surface area is 129 Å².